The molecule has 0 radical (unpaired) electrons. The Labute approximate surface area is 134 Å². The summed E-state index contributed by atoms with van der Waals surface area (Å²) >= 11 is 0. The summed E-state index contributed by atoms with van der Waals surface area (Å²) in [7, 11) is 0. The van der Waals surface area contributed by atoms with E-state index in [0.717, 1.165) is 41.3 Å². The lowest BCUT2D eigenvalue weighted by Crippen LogP contribution is -2.24. The Kier molecular flexibility index (Phi) is 3.19. The molecule has 4 rings (SSSR count). The number of phenols is 1. The van der Waals surface area contributed by atoms with Gasteiger partial charge in [-0.05, 0) is 42.3 Å². The summed E-state index contributed by atoms with van der Waals surface area (Å²) in [5, 5.41) is 17.6. The van der Waals surface area contributed by atoms with E-state index in [2.05, 4.69) is 11.4 Å². The Balaban J connectivity index is 1.77. The number of nitrogens with one attached hydrogen (secondary N) is 1. The minimum absolute atomic E-state index is 0.137. The van der Waals surface area contributed by atoms with E-state index >= 15 is 0 Å². The van der Waals surface area contributed by atoms with Crippen LogP contribution in [0, 0.1) is 0 Å². The van der Waals surface area contributed by atoms with E-state index in [1.54, 1.807) is 12.1 Å². The van der Waals surface area contributed by atoms with Crippen LogP contribution in [0.1, 0.15) is 18.0 Å². The highest BCUT2D eigenvalue weighted by Crippen LogP contribution is 2.34. The van der Waals surface area contributed by atoms with E-state index in [1.165, 1.54) is 0 Å². The van der Waals surface area contributed by atoms with Gasteiger partial charge in [-0.15, -0.1) is 0 Å². The summed E-state index contributed by atoms with van der Waals surface area (Å²) in [6.45, 7) is 0.889. The highest BCUT2D eigenvalue weighted by atomic mass is 16.3. The number of fused-ring (bicyclic) bond motifs is 1. The molecule has 116 valence electrons. The predicted octanol–water partition coefficient (Wildman–Crippen LogP) is 3.24. The van der Waals surface area contributed by atoms with E-state index < -0.39 is 0 Å². The van der Waals surface area contributed by atoms with Crippen LogP contribution in [0.5, 0.6) is 5.75 Å². The van der Waals surface area contributed by atoms with E-state index in [9.17, 15) is 5.11 Å². The highest BCUT2D eigenvalue weighted by Gasteiger charge is 2.24. The minimum Gasteiger partial charge on any atom is -0.508 e. The van der Waals surface area contributed by atoms with Gasteiger partial charge < -0.3 is 16.2 Å². The number of rotatable bonds is 2. The molecule has 4 N–H and O–H groups in total. The van der Waals surface area contributed by atoms with Crippen molar-refractivity contribution in [3.63, 3.8) is 0 Å². The topological polar surface area (TPSA) is 76.1 Å². The number of aromatic hydroxyl groups is 1. The molecule has 1 unspecified atom stereocenters. The van der Waals surface area contributed by atoms with Crippen LogP contribution in [0.25, 0.3) is 11.3 Å². The molecule has 0 fully saturated rings. The van der Waals surface area contributed by atoms with Crippen molar-refractivity contribution >= 4 is 11.5 Å². The van der Waals surface area contributed by atoms with Crippen LogP contribution in [0.3, 0.4) is 0 Å². The molecular formula is C18H18N4O. The molecule has 2 heterocycles. The van der Waals surface area contributed by atoms with Crippen LogP contribution in [0.4, 0.5) is 11.5 Å². The predicted molar refractivity (Wildman–Crippen MR) is 91.4 cm³/mol. The van der Waals surface area contributed by atoms with Gasteiger partial charge in [-0.2, -0.15) is 5.10 Å². The third-order valence-electron chi connectivity index (χ3n) is 4.27. The first kappa shape index (κ1) is 13.7. The Bertz CT molecular complexity index is 838. The molecule has 0 spiro atoms. The second-order valence-corrected chi connectivity index (χ2v) is 5.77. The number of hydrogen-bond acceptors (Lipinski definition) is 4. The van der Waals surface area contributed by atoms with E-state index in [0.29, 0.717) is 0 Å². The molecule has 0 amide bonds. The molecule has 1 aliphatic rings. The van der Waals surface area contributed by atoms with E-state index in [4.69, 9.17) is 10.8 Å². The van der Waals surface area contributed by atoms with Crippen LogP contribution < -0.4 is 11.1 Å². The van der Waals surface area contributed by atoms with Gasteiger partial charge in [-0.1, -0.05) is 18.2 Å². The van der Waals surface area contributed by atoms with Crippen molar-refractivity contribution in [1.82, 2.24) is 9.78 Å². The number of hydrogen-bond donors (Lipinski definition) is 3. The smallest absolute Gasteiger partial charge is 0.125 e. The lowest BCUT2D eigenvalue weighted by molar-refractivity contribution is 0.475. The maximum absolute atomic E-state index is 9.44. The van der Waals surface area contributed by atoms with Gasteiger partial charge in [0, 0.05) is 23.9 Å². The highest BCUT2D eigenvalue weighted by molar-refractivity contribution is 5.64. The zero-order valence-electron chi connectivity index (χ0n) is 12.6. The number of benzene rings is 2. The van der Waals surface area contributed by atoms with Gasteiger partial charge >= 0.3 is 0 Å². The molecule has 0 saturated heterocycles. The molecule has 1 atom stereocenters. The number of para-hydroxylation sites is 1. The first-order chi connectivity index (χ1) is 11.2. The van der Waals surface area contributed by atoms with Gasteiger partial charge in [0.2, 0.25) is 0 Å². The van der Waals surface area contributed by atoms with Crippen LogP contribution >= 0.6 is 0 Å². The monoisotopic (exact) mass is 306 g/mol. The Morgan fingerprint density at radius 2 is 1.91 bits per heavy atom. The molecular weight excluding hydrogens is 288 g/mol. The summed E-state index contributed by atoms with van der Waals surface area (Å²) in [6.07, 6.45) is 0.942. The van der Waals surface area contributed by atoms with Crippen LogP contribution in [0.15, 0.2) is 54.6 Å². The fourth-order valence-corrected chi connectivity index (χ4v) is 3.10. The maximum Gasteiger partial charge on any atom is 0.125 e. The van der Waals surface area contributed by atoms with E-state index in [1.807, 2.05) is 41.1 Å². The lowest BCUT2D eigenvalue weighted by atomic mass is 10.0. The van der Waals surface area contributed by atoms with Crippen molar-refractivity contribution in [3.8, 4) is 17.0 Å². The fourth-order valence-electron chi connectivity index (χ4n) is 3.10. The summed E-state index contributed by atoms with van der Waals surface area (Å²) in [5.41, 5.74) is 9.92. The maximum atomic E-state index is 9.44. The Morgan fingerprint density at radius 3 is 2.70 bits per heavy atom. The SMILES string of the molecule is Nc1ccccc1C1CCNc2cc(-c3ccc(O)cc3)nn21. The molecule has 5 nitrogen and oxygen atoms in total. The van der Waals surface area contributed by atoms with Gasteiger partial charge in [0.05, 0.1) is 11.7 Å². The molecule has 2 aromatic carbocycles. The first-order valence-electron chi connectivity index (χ1n) is 7.69. The van der Waals surface area contributed by atoms with Crippen molar-refractivity contribution in [2.45, 2.75) is 12.5 Å². The van der Waals surface area contributed by atoms with Crippen LogP contribution in [0.2, 0.25) is 0 Å². The van der Waals surface area contributed by atoms with Crippen molar-refractivity contribution in [3.05, 3.63) is 60.2 Å². The summed E-state index contributed by atoms with van der Waals surface area (Å²) < 4.78 is 2.01. The first-order valence-corrected chi connectivity index (χ1v) is 7.69. The fraction of sp³-hybridized carbons (Fsp3) is 0.167. The molecule has 0 saturated carbocycles. The van der Waals surface area contributed by atoms with Crippen molar-refractivity contribution in [2.24, 2.45) is 0 Å². The molecule has 1 aliphatic heterocycles. The van der Waals surface area contributed by atoms with Crippen LogP contribution in [-0.4, -0.2) is 21.4 Å². The standard InChI is InChI=1S/C18H18N4O/c19-15-4-2-1-3-14(15)17-9-10-20-18-11-16(21-22(17)18)12-5-7-13(23)8-6-12/h1-8,11,17,20,23H,9-10,19H2. The van der Waals surface area contributed by atoms with Gasteiger partial charge in [-0.25, -0.2) is 4.68 Å². The number of nitrogen functional groups attached to an aromatic ring is 1. The molecule has 23 heavy (non-hydrogen) atoms. The summed E-state index contributed by atoms with van der Waals surface area (Å²) in [5.74, 6) is 1.25. The average Bonchev–Trinajstić information content (AvgIpc) is 3.00. The summed E-state index contributed by atoms with van der Waals surface area (Å²) in [6, 6.07) is 17.2. The average molecular weight is 306 g/mol. The second-order valence-electron chi connectivity index (χ2n) is 5.77. The number of aromatic nitrogens is 2. The molecule has 1 aromatic heterocycles. The summed E-state index contributed by atoms with van der Waals surface area (Å²) in [4.78, 5) is 0. The minimum atomic E-state index is 0.137. The number of nitrogens with zero attached hydrogens (tertiary/aromatic N) is 2. The molecule has 3 aromatic rings. The zero-order valence-corrected chi connectivity index (χ0v) is 12.6. The molecule has 5 heteroatoms. The van der Waals surface area contributed by atoms with Gasteiger partial charge in [0.15, 0.2) is 0 Å². The van der Waals surface area contributed by atoms with Gasteiger partial charge in [0.1, 0.15) is 11.6 Å². The third kappa shape index (κ3) is 2.40. The second kappa shape index (κ2) is 5.35. The number of anilines is 2. The zero-order chi connectivity index (χ0) is 15.8. The largest absolute Gasteiger partial charge is 0.508 e. The van der Waals surface area contributed by atoms with E-state index in [-0.39, 0.29) is 11.8 Å². The van der Waals surface area contributed by atoms with Gasteiger partial charge in [-0.3, -0.25) is 0 Å². The van der Waals surface area contributed by atoms with Gasteiger partial charge in [0.25, 0.3) is 0 Å². The Hall–Kier alpha value is -2.95. The quantitative estimate of drug-likeness (QED) is 0.635. The molecule has 0 aliphatic carbocycles. The van der Waals surface area contributed by atoms with Crippen molar-refractivity contribution < 1.29 is 5.11 Å². The molecule has 0 bridgehead atoms. The Morgan fingerprint density at radius 1 is 1.13 bits per heavy atom. The number of phenolic OH excluding ortho intramolecular Hbond substituents is 1. The third-order valence-corrected chi connectivity index (χ3v) is 4.27. The lowest BCUT2D eigenvalue weighted by Gasteiger charge is -2.26. The normalized spacial score (nSPS) is 16.6. The van der Waals surface area contributed by atoms with Crippen molar-refractivity contribution in [1.29, 1.82) is 0 Å². The number of nitrogens with two attached hydrogens (primary N) is 1. The van der Waals surface area contributed by atoms with Crippen molar-refractivity contribution in [2.75, 3.05) is 17.6 Å². The van der Waals surface area contributed by atoms with Crippen LogP contribution in [-0.2, 0) is 0 Å².